The SMILES string of the molecule is Cc1ccc(C2NC=Cc3c2[nH]c2ccccc32)cc1. The first kappa shape index (κ1) is 11.4. The largest absolute Gasteiger partial charge is 0.379 e. The van der Waals surface area contributed by atoms with Gasteiger partial charge in [0.25, 0.3) is 0 Å². The molecule has 2 heterocycles. The van der Waals surface area contributed by atoms with Gasteiger partial charge < -0.3 is 10.3 Å². The molecule has 0 saturated carbocycles. The Bertz CT molecular complexity index is 794. The van der Waals surface area contributed by atoms with Gasteiger partial charge in [0.15, 0.2) is 0 Å². The van der Waals surface area contributed by atoms with Crippen molar-refractivity contribution in [2.24, 2.45) is 0 Å². The maximum Gasteiger partial charge on any atom is 0.0920 e. The van der Waals surface area contributed by atoms with E-state index < -0.39 is 0 Å². The van der Waals surface area contributed by atoms with Crippen molar-refractivity contribution in [2.45, 2.75) is 13.0 Å². The summed E-state index contributed by atoms with van der Waals surface area (Å²) >= 11 is 0. The van der Waals surface area contributed by atoms with Crippen LogP contribution < -0.4 is 5.32 Å². The van der Waals surface area contributed by atoms with Gasteiger partial charge in [0.05, 0.1) is 11.7 Å². The number of rotatable bonds is 1. The normalized spacial score (nSPS) is 16.9. The Morgan fingerprint density at radius 3 is 2.60 bits per heavy atom. The molecular formula is C18H16N2. The maximum absolute atomic E-state index is 3.57. The zero-order chi connectivity index (χ0) is 13.5. The second-order valence-corrected chi connectivity index (χ2v) is 5.34. The van der Waals surface area contributed by atoms with Gasteiger partial charge in [0, 0.05) is 16.5 Å². The van der Waals surface area contributed by atoms with Crippen LogP contribution in [0.3, 0.4) is 0 Å². The third-order valence-electron chi connectivity index (χ3n) is 3.99. The summed E-state index contributed by atoms with van der Waals surface area (Å²) in [6.07, 6.45) is 4.20. The van der Waals surface area contributed by atoms with E-state index in [1.807, 2.05) is 6.20 Å². The van der Waals surface area contributed by atoms with Crippen LogP contribution in [0.4, 0.5) is 0 Å². The Labute approximate surface area is 118 Å². The topological polar surface area (TPSA) is 27.8 Å². The molecule has 0 fully saturated rings. The lowest BCUT2D eigenvalue weighted by Gasteiger charge is -2.21. The molecular weight excluding hydrogens is 244 g/mol. The van der Waals surface area contributed by atoms with Crippen molar-refractivity contribution in [2.75, 3.05) is 0 Å². The average molecular weight is 260 g/mol. The predicted molar refractivity (Wildman–Crippen MR) is 83.5 cm³/mol. The van der Waals surface area contributed by atoms with Crippen LogP contribution in [0.1, 0.15) is 28.4 Å². The number of aromatic nitrogens is 1. The Balaban J connectivity index is 1.90. The number of fused-ring (bicyclic) bond motifs is 3. The van der Waals surface area contributed by atoms with Crippen molar-refractivity contribution in [1.29, 1.82) is 0 Å². The highest BCUT2D eigenvalue weighted by Crippen LogP contribution is 2.33. The number of para-hydroxylation sites is 1. The van der Waals surface area contributed by atoms with E-state index in [4.69, 9.17) is 0 Å². The van der Waals surface area contributed by atoms with Crippen LogP contribution in [0.25, 0.3) is 17.0 Å². The summed E-state index contributed by atoms with van der Waals surface area (Å²) in [5.74, 6) is 0. The van der Waals surface area contributed by atoms with Crippen LogP contribution in [-0.4, -0.2) is 4.98 Å². The van der Waals surface area contributed by atoms with E-state index in [-0.39, 0.29) is 6.04 Å². The van der Waals surface area contributed by atoms with Crippen LogP contribution in [0.5, 0.6) is 0 Å². The van der Waals surface area contributed by atoms with Gasteiger partial charge in [-0.25, -0.2) is 0 Å². The first-order valence-electron chi connectivity index (χ1n) is 6.93. The predicted octanol–water partition coefficient (Wildman–Crippen LogP) is 4.14. The smallest absolute Gasteiger partial charge is 0.0920 e. The van der Waals surface area contributed by atoms with Gasteiger partial charge in [0.2, 0.25) is 0 Å². The zero-order valence-corrected chi connectivity index (χ0v) is 11.4. The van der Waals surface area contributed by atoms with E-state index in [1.165, 1.54) is 33.3 Å². The van der Waals surface area contributed by atoms with Crippen LogP contribution in [0.2, 0.25) is 0 Å². The van der Waals surface area contributed by atoms with Crippen molar-refractivity contribution in [3.8, 4) is 0 Å². The van der Waals surface area contributed by atoms with E-state index in [9.17, 15) is 0 Å². The molecule has 2 nitrogen and oxygen atoms in total. The molecule has 2 aromatic carbocycles. The summed E-state index contributed by atoms with van der Waals surface area (Å²) in [7, 11) is 0. The Hall–Kier alpha value is -2.48. The molecule has 0 aliphatic carbocycles. The fourth-order valence-corrected chi connectivity index (χ4v) is 2.92. The van der Waals surface area contributed by atoms with Gasteiger partial charge in [-0.15, -0.1) is 0 Å². The van der Waals surface area contributed by atoms with Crippen molar-refractivity contribution in [1.82, 2.24) is 10.3 Å². The van der Waals surface area contributed by atoms with Crippen molar-refractivity contribution in [3.63, 3.8) is 0 Å². The molecule has 1 aromatic heterocycles. The maximum atomic E-state index is 3.57. The molecule has 0 amide bonds. The molecule has 0 saturated heterocycles. The van der Waals surface area contributed by atoms with E-state index in [0.29, 0.717) is 0 Å². The number of nitrogens with one attached hydrogen (secondary N) is 2. The molecule has 1 aliphatic heterocycles. The van der Waals surface area contributed by atoms with E-state index in [1.54, 1.807) is 0 Å². The number of H-pyrrole nitrogens is 1. The molecule has 2 N–H and O–H groups in total. The highest BCUT2D eigenvalue weighted by Gasteiger charge is 2.21. The number of hydrogen-bond donors (Lipinski definition) is 2. The Morgan fingerprint density at radius 1 is 0.950 bits per heavy atom. The third-order valence-corrected chi connectivity index (χ3v) is 3.99. The number of aromatic amines is 1. The summed E-state index contributed by atoms with van der Waals surface area (Å²) in [5, 5.41) is 4.75. The molecule has 98 valence electrons. The number of hydrogen-bond acceptors (Lipinski definition) is 1. The Kier molecular flexibility index (Phi) is 2.43. The van der Waals surface area contributed by atoms with Gasteiger partial charge in [-0.2, -0.15) is 0 Å². The minimum absolute atomic E-state index is 0.197. The summed E-state index contributed by atoms with van der Waals surface area (Å²) < 4.78 is 0. The molecule has 0 radical (unpaired) electrons. The fourth-order valence-electron chi connectivity index (χ4n) is 2.92. The first-order valence-corrected chi connectivity index (χ1v) is 6.93. The van der Waals surface area contributed by atoms with Crippen molar-refractivity contribution in [3.05, 3.63) is 77.1 Å². The number of aryl methyl sites for hydroxylation is 1. The van der Waals surface area contributed by atoms with Gasteiger partial charge in [0.1, 0.15) is 0 Å². The molecule has 0 spiro atoms. The van der Waals surface area contributed by atoms with Crippen LogP contribution in [-0.2, 0) is 0 Å². The second-order valence-electron chi connectivity index (χ2n) is 5.34. The second kappa shape index (κ2) is 4.27. The lowest BCUT2D eigenvalue weighted by molar-refractivity contribution is 0.703. The highest BCUT2D eigenvalue weighted by molar-refractivity contribution is 5.91. The summed E-state index contributed by atoms with van der Waals surface area (Å²) in [6, 6.07) is 17.4. The van der Waals surface area contributed by atoms with Gasteiger partial charge >= 0.3 is 0 Å². The molecule has 3 aromatic rings. The quantitative estimate of drug-likeness (QED) is 0.676. The van der Waals surface area contributed by atoms with E-state index in [2.05, 4.69) is 71.8 Å². The van der Waals surface area contributed by atoms with Crippen LogP contribution >= 0.6 is 0 Å². The lowest BCUT2D eigenvalue weighted by Crippen LogP contribution is -2.20. The monoisotopic (exact) mass is 260 g/mol. The first-order chi connectivity index (χ1) is 9.83. The minimum atomic E-state index is 0.197. The van der Waals surface area contributed by atoms with E-state index in [0.717, 1.165) is 0 Å². The lowest BCUT2D eigenvalue weighted by atomic mass is 9.97. The molecule has 1 aliphatic rings. The highest BCUT2D eigenvalue weighted by atomic mass is 14.9. The van der Waals surface area contributed by atoms with Crippen LogP contribution in [0, 0.1) is 6.92 Å². The molecule has 1 unspecified atom stereocenters. The van der Waals surface area contributed by atoms with Crippen molar-refractivity contribution < 1.29 is 0 Å². The van der Waals surface area contributed by atoms with E-state index >= 15 is 0 Å². The molecule has 1 atom stereocenters. The van der Waals surface area contributed by atoms with Gasteiger partial charge in [-0.1, -0.05) is 48.0 Å². The van der Waals surface area contributed by atoms with Gasteiger partial charge in [-0.05, 0) is 30.8 Å². The standard InChI is InChI=1S/C18H16N2/c1-12-6-8-13(9-7-12)17-18-15(10-11-19-17)14-4-2-3-5-16(14)20-18/h2-11,17,19-20H,1H3. The van der Waals surface area contributed by atoms with Gasteiger partial charge in [-0.3, -0.25) is 0 Å². The third kappa shape index (κ3) is 1.65. The minimum Gasteiger partial charge on any atom is -0.379 e. The molecule has 0 bridgehead atoms. The molecule has 2 heteroatoms. The fraction of sp³-hybridized carbons (Fsp3) is 0.111. The zero-order valence-electron chi connectivity index (χ0n) is 11.4. The summed E-state index contributed by atoms with van der Waals surface area (Å²) in [6.45, 7) is 2.12. The summed E-state index contributed by atoms with van der Waals surface area (Å²) in [5.41, 5.74) is 6.31. The average Bonchev–Trinajstić information content (AvgIpc) is 2.87. The molecule has 20 heavy (non-hydrogen) atoms. The Morgan fingerprint density at radius 2 is 1.75 bits per heavy atom. The molecule has 4 rings (SSSR count). The van der Waals surface area contributed by atoms with Crippen molar-refractivity contribution >= 4 is 17.0 Å². The summed E-state index contributed by atoms with van der Waals surface area (Å²) in [4.78, 5) is 3.57. The number of benzene rings is 2. The van der Waals surface area contributed by atoms with Crippen LogP contribution in [0.15, 0.2) is 54.7 Å².